The fourth-order valence-electron chi connectivity index (χ4n) is 0.838. The van der Waals surface area contributed by atoms with Crippen LogP contribution in [0.1, 0.15) is 6.42 Å². The van der Waals surface area contributed by atoms with E-state index in [9.17, 15) is 9.59 Å². The molecule has 1 saturated heterocycles. The first-order valence-corrected chi connectivity index (χ1v) is 4.59. The smallest absolute Gasteiger partial charge is 0.305 e. The number of nitrogens with one attached hydrogen (secondary N) is 1. The summed E-state index contributed by atoms with van der Waals surface area (Å²) in [5, 5.41) is 17.7. The molecule has 1 amide bonds. The predicted molar refractivity (Wildman–Crippen MR) is 53.1 cm³/mol. The maximum absolute atomic E-state index is 11.1. The van der Waals surface area contributed by atoms with Gasteiger partial charge in [-0.25, -0.2) is 0 Å². The molecule has 0 bridgehead atoms. The molecule has 1 heterocycles. The summed E-state index contributed by atoms with van der Waals surface area (Å²) in [5.41, 5.74) is 0. The second-order valence-electron chi connectivity index (χ2n) is 2.40. The largest absolute Gasteiger partial charge is 0.481 e. The fourth-order valence-corrected chi connectivity index (χ4v) is 1.75. The van der Waals surface area contributed by atoms with Crippen molar-refractivity contribution >= 4 is 35.0 Å². The van der Waals surface area contributed by atoms with E-state index in [1.807, 2.05) is 0 Å². The zero-order chi connectivity index (χ0) is 10.6. The Morgan fingerprint density at radius 1 is 1.79 bits per heavy atom. The molecule has 7 heteroatoms. The van der Waals surface area contributed by atoms with Crippen LogP contribution in [0.15, 0.2) is 10.2 Å². The highest BCUT2D eigenvalue weighted by molar-refractivity contribution is 8.15. The van der Waals surface area contributed by atoms with Crippen molar-refractivity contribution in [3.63, 3.8) is 0 Å². The van der Waals surface area contributed by atoms with Crippen molar-refractivity contribution in [3.05, 3.63) is 6.92 Å². The average Bonchev–Trinajstić information content (AvgIpc) is 2.43. The van der Waals surface area contributed by atoms with E-state index in [2.05, 4.69) is 22.4 Å². The van der Waals surface area contributed by atoms with Crippen LogP contribution in [-0.2, 0) is 9.59 Å². The molecule has 14 heavy (non-hydrogen) atoms. The lowest BCUT2D eigenvalue weighted by molar-refractivity contribution is -0.138. The minimum absolute atomic E-state index is 0.219. The number of carboxylic acids is 1. The van der Waals surface area contributed by atoms with Gasteiger partial charge in [-0.05, 0) is 6.92 Å². The van der Waals surface area contributed by atoms with E-state index in [0.29, 0.717) is 5.17 Å². The summed E-state index contributed by atoms with van der Waals surface area (Å²) >= 11 is 1.05. The number of rotatable bonds is 3. The zero-order valence-electron chi connectivity index (χ0n) is 7.14. The predicted octanol–water partition coefficient (Wildman–Crippen LogP) is -0.131. The zero-order valence-corrected chi connectivity index (χ0v) is 7.95. The number of aliphatic carboxylic acids is 1. The van der Waals surface area contributed by atoms with E-state index in [4.69, 9.17) is 5.11 Å². The Kier molecular flexibility index (Phi) is 3.63. The molecule has 6 nitrogen and oxygen atoms in total. The first-order valence-electron chi connectivity index (χ1n) is 3.71. The van der Waals surface area contributed by atoms with Gasteiger partial charge >= 0.3 is 5.97 Å². The van der Waals surface area contributed by atoms with Crippen molar-refractivity contribution in [1.82, 2.24) is 5.32 Å². The summed E-state index contributed by atoms with van der Waals surface area (Å²) < 4.78 is 0. The van der Waals surface area contributed by atoms with Gasteiger partial charge in [-0.3, -0.25) is 9.59 Å². The highest BCUT2D eigenvalue weighted by atomic mass is 32.2. The highest BCUT2D eigenvalue weighted by Gasteiger charge is 2.31. The van der Waals surface area contributed by atoms with Gasteiger partial charge in [0.2, 0.25) is 5.91 Å². The third-order valence-corrected chi connectivity index (χ3v) is 2.44. The van der Waals surface area contributed by atoms with Crippen LogP contribution in [0.2, 0.25) is 0 Å². The highest BCUT2D eigenvalue weighted by Crippen LogP contribution is 2.22. The van der Waals surface area contributed by atoms with Crippen molar-refractivity contribution in [2.75, 3.05) is 0 Å². The molecular formula is C7H8N3O3S. The molecule has 1 aliphatic heterocycles. The van der Waals surface area contributed by atoms with E-state index < -0.39 is 11.2 Å². The van der Waals surface area contributed by atoms with Crippen LogP contribution >= 0.6 is 11.8 Å². The van der Waals surface area contributed by atoms with E-state index in [1.54, 1.807) is 0 Å². The SMILES string of the molecule is [CH2]/C=N/N=C1\NC(=O)C(CC(=O)O)S1. The van der Waals surface area contributed by atoms with E-state index >= 15 is 0 Å². The number of amidine groups is 1. The van der Waals surface area contributed by atoms with Crippen molar-refractivity contribution < 1.29 is 14.7 Å². The Balaban J connectivity index is 2.60. The van der Waals surface area contributed by atoms with Gasteiger partial charge in [-0.1, -0.05) is 11.8 Å². The van der Waals surface area contributed by atoms with Crippen LogP contribution in [0.4, 0.5) is 0 Å². The average molecular weight is 214 g/mol. The van der Waals surface area contributed by atoms with Gasteiger partial charge in [-0.2, -0.15) is 5.10 Å². The lowest BCUT2D eigenvalue weighted by Crippen LogP contribution is -2.26. The minimum Gasteiger partial charge on any atom is -0.481 e. The molecule has 0 aromatic heterocycles. The number of carbonyl (C=O) groups excluding carboxylic acids is 1. The molecule has 75 valence electrons. The molecule has 0 aromatic rings. The van der Waals surface area contributed by atoms with Gasteiger partial charge in [0.25, 0.3) is 0 Å². The summed E-state index contributed by atoms with van der Waals surface area (Å²) in [4.78, 5) is 21.5. The molecule has 1 fully saturated rings. The van der Waals surface area contributed by atoms with Crippen LogP contribution in [0.5, 0.6) is 0 Å². The first kappa shape index (κ1) is 10.7. The number of thioether (sulfide) groups is 1. The third kappa shape index (κ3) is 2.84. The van der Waals surface area contributed by atoms with Crippen LogP contribution in [0, 0.1) is 6.92 Å². The quantitative estimate of drug-likeness (QED) is 0.505. The normalized spacial score (nSPS) is 24.5. The molecule has 0 spiro atoms. The summed E-state index contributed by atoms with van der Waals surface area (Å²) in [6, 6.07) is 0. The molecule has 1 unspecified atom stereocenters. The monoisotopic (exact) mass is 214 g/mol. The summed E-state index contributed by atoms with van der Waals surface area (Å²) in [6.45, 7) is 3.32. The van der Waals surface area contributed by atoms with Crippen LogP contribution < -0.4 is 5.32 Å². The van der Waals surface area contributed by atoms with Crippen molar-refractivity contribution in [3.8, 4) is 0 Å². The van der Waals surface area contributed by atoms with Gasteiger partial charge in [0.05, 0.1) is 6.42 Å². The van der Waals surface area contributed by atoms with Gasteiger partial charge in [-0.15, -0.1) is 5.10 Å². The summed E-state index contributed by atoms with van der Waals surface area (Å²) in [6.07, 6.45) is 1.01. The van der Waals surface area contributed by atoms with Gasteiger partial charge in [0.1, 0.15) is 5.25 Å². The van der Waals surface area contributed by atoms with Crippen LogP contribution in [0.25, 0.3) is 0 Å². The van der Waals surface area contributed by atoms with Gasteiger partial charge < -0.3 is 10.4 Å². The van der Waals surface area contributed by atoms with Crippen LogP contribution in [-0.4, -0.2) is 33.6 Å². The molecule has 1 aliphatic rings. The molecule has 2 N–H and O–H groups in total. The molecule has 0 aliphatic carbocycles. The molecule has 0 saturated carbocycles. The lowest BCUT2D eigenvalue weighted by atomic mass is 10.3. The molecular weight excluding hydrogens is 206 g/mol. The van der Waals surface area contributed by atoms with Crippen LogP contribution in [0.3, 0.4) is 0 Å². The maximum Gasteiger partial charge on any atom is 0.305 e. The van der Waals surface area contributed by atoms with E-state index in [-0.39, 0.29) is 12.3 Å². The Labute approximate surface area is 84.5 Å². The van der Waals surface area contributed by atoms with Gasteiger partial charge in [0, 0.05) is 6.21 Å². The summed E-state index contributed by atoms with van der Waals surface area (Å²) in [5.74, 6) is -1.37. The van der Waals surface area contributed by atoms with E-state index in [1.165, 1.54) is 6.21 Å². The number of hydrogen-bond donors (Lipinski definition) is 2. The molecule has 1 rings (SSSR count). The number of amides is 1. The number of nitrogens with zero attached hydrogens (tertiary/aromatic N) is 2. The second kappa shape index (κ2) is 4.75. The standard InChI is InChI=1S/C7H8N3O3S/c1-2-8-10-7-9-6(13)4(14-7)3-5(11)12/h2,4H,1,3H2,(H,11,12)(H,9,10,13)/b8-2+. The number of carboxylic acid groups (broad SMARTS) is 1. The summed E-state index contributed by atoms with van der Waals surface area (Å²) in [7, 11) is 0. The van der Waals surface area contributed by atoms with Crippen molar-refractivity contribution in [2.24, 2.45) is 10.2 Å². The third-order valence-electron chi connectivity index (χ3n) is 1.37. The van der Waals surface area contributed by atoms with Crippen molar-refractivity contribution in [1.29, 1.82) is 0 Å². The Morgan fingerprint density at radius 2 is 2.50 bits per heavy atom. The van der Waals surface area contributed by atoms with E-state index in [0.717, 1.165) is 11.8 Å². The second-order valence-corrected chi connectivity index (χ2v) is 3.59. The lowest BCUT2D eigenvalue weighted by Gasteiger charge is -1.97. The fraction of sp³-hybridized carbons (Fsp3) is 0.286. The Hall–Kier alpha value is -1.37. The maximum atomic E-state index is 11.1. The molecule has 0 aromatic carbocycles. The number of carbonyl (C=O) groups is 2. The molecule has 1 atom stereocenters. The van der Waals surface area contributed by atoms with Crippen molar-refractivity contribution in [2.45, 2.75) is 11.7 Å². The minimum atomic E-state index is -1.01. The molecule has 1 radical (unpaired) electrons. The number of hydrogen-bond acceptors (Lipinski definition) is 5. The first-order chi connectivity index (χ1) is 6.63. The van der Waals surface area contributed by atoms with Gasteiger partial charge in [0.15, 0.2) is 5.17 Å². The Bertz CT molecular complexity index is 313. The Morgan fingerprint density at radius 3 is 3.07 bits per heavy atom. The topological polar surface area (TPSA) is 91.1 Å².